The van der Waals surface area contributed by atoms with E-state index in [1.807, 2.05) is 30.3 Å². The van der Waals surface area contributed by atoms with Crippen molar-refractivity contribution in [3.05, 3.63) is 105 Å². The van der Waals surface area contributed by atoms with Crippen molar-refractivity contribution in [3.63, 3.8) is 0 Å². The molecule has 0 saturated heterocycles. The zero-order chi connectivity index (χ0) is 24.5. The molecule has 0 aromatic heterocycles. The van der Waals surface area contributed by atoms with E-state index in [4.69, 9.17) is 16.3 Å². The predicted molar refractivity (Wildman–Crippen MR) is 135 cm³/mol. The number of nitriles is 1. The highest BCUT2D eigenvalue weighted by atomic mass is 35.5. The summed E-state index contributed by atoms with van der Waals surface area (Å²) >= 11 is 7.66. The van der Waals surface area contributed by atoms with Crippen molar-refractivity contribution in [2.45, 2.75) is 19.4 Å². The van der Waals surface area contributed by atoms with Crippen LogP contribution in [0.15, 0.2) is 89.1 Å². The average molecular weight is 494 g/mol. The van der Waals surface area contributed by atoms with Crippen molar-refractivity contribution < 1.29 is 14.3 Å². The van der Waals surface area contributed by atoms with Crippen molar-refractivity contribution >= 4 is 35.2 Å². The molecule has 2 aromatic carbocycles. The van der Waals surface area contributed by atoms with E-state index in [0.717, 1.165) is 5.56 Å². The van der Waals surface area contributed by atoms with Crippen LogP contribution < -0.4 is 10.6 Å². The fourth-order valence-corrected chi connectivity index (χ4v) is 4.68. The molecule has 6 nitrogen and oxygen atoms in total. The van der Waals surface area contributed by atoms with E-state index in [1.54, 1.807) is 31.2 Å². The van der Waals surface area contributed by atoms with Gasteiger partial charge in [-0.2, -0.15) is 5.26 Å². The number of amides is 1. The van der Waals surface area contributed by atoms with Crippen LogP contribution in [-0.4, -0.2) is 24.2 Å². The van der Waals surface area contributed by atoms with Crippen LogP contribution in [0.25, 0.3) is 0 Å². The summed E-state index contributed by atoms with van der Waals surface area (Å²) in [5.74, 6) is -1.37. The predicted octanol–water partition coefficient (Wildman–Crippen LogP) is 4.81. The number of nitrogens with one attached hydrogen (secondary N) is 2. The topological polar surface area (TPSA) is 91.2 Å². The number of thioether (sulfide) groups is 1. The lowest BCUT2D eigenvalue weighted by atomic mass is 9.82. The van der Waals surface area contributed by atoms with Crippen LogP contribution in [0.5, 0.6) is 0 Å². The molecule has 1 amide bonds. The molecule has 0 unspecified atom stereocenters. The Morgan fingerprint density at radius 1 is 1.24 bits per heavy atom. The number of hydrogen-bond acceptors (Lipinski definition) is 6. The lowest BCUT2D eigenvalue weighted by Crippen LogP contribution is -2.30. The number of allylic oxidation sites excluding steroid dienone is 2. The van der Waals surface area contributed by atoms with Gasteiger partial charge in [0.25, 0.3) is 0 Å². The van der Waals surface area contributed by atoms with Crippen LogP contribution in [0, 0.1) is 11.3 Å². The maximum atomic E-state index is 12.9. The molecule has 0 saturated carbocycles. The molecule has 174 valence electrons. The summed E-state index contributed by atoms with van der Waals surface area (Å²) in [6, 6.07) is 18.9. The quantitative estimate of drug-likeness (QED) is 0.384. The molecule has 0 spiro atoms. The number of esters is 1. The number of ether oxygens (including phenoxy) is 1. The van der Waals surface area contributed by atoms with Crippen molar-refractivity contribution in [2.75, 3.05) is 12.4 Å². The van der Waals surface area contributed by atoms with E-state index in [0.29, 0.717) is 39.0 Å². The van der Waals surface area contributed by atoms with Gasteiger partial charge in [-0.05, 0) is 24.1 Å². The van der Waals surface area contributed by atoms with E-state index in [9.17, 15) is 14.9 Å². The Labute approximate surface area is 208 Å². The molecule has 0 fully saturated rings. The van der Waals surface area contributed by atoms with Gasteiger partial charge in [-0.1, -0.05) is 84.5 Å². The van der Waals surface area contributed by atoms with Gasteiger partial charge in [0.15, 0.2) is 0 Å². The van der Waals surface area contributed by atoms with Crippen LogP contribution in [0.3, 0.4) is 0 Å². The van der Waals surface area contributed by atoms with Gasteiger partial charge in [-0.25, -0.2) is 4.79 Å². The van der Waals surface area contributed by atoms with Crippen LogP contribution >= 0.6 is 23.4 Å². The number of hydrogen-bond donors (Lipinski definition) is 2. The molecule has 1 heterocycles. The first-order valence-corrected chi connectivity index (χ1v) is 11.9. The number of dihydropyridines is 1. The number of benzene rings is 2. The molecular weight excluding hydrogens is 470 g/mol. The summed E-state index contributed by atoms with van der Waals surface area (Å²) in [5, 5.41) is 17.0. The molecule has 1 atom stereocenters. The van der Waals surface area contributed by atoms with Gasteiger partial charge in [-0.15, -0.1) is 0 Å². The highest BCUT2D eigenvalue weighted by Crippen LogP contribution is 2.43. The van der Waals surface area contributed by atoms with Gasteiger partial charge in [0.1, 0.15) is 6.61 Å². The summed E-state index contributed by atoms with van der Waals surface area (Å²) < 4.78 is 5.29. The van der Waals surface area contributed by atoms with Crippen molar-refractivity contribution in [1.82, 2.24) is 10.6 Å². The van der Waals surface area contributed by atoms with Crippen molar-refractivity contribution in [3.8, 4) is 6.07 Å². The molecule has 2 aromatic rings. The highest BCUT2D eigenvalue weighted by molar-refractivity contribution is 8.03. The molecule has 1 aliphatic heterocycles. The maximum absolute atomic E-state index is 12.9. The van der Waals surface area contributed by atoms with E-state index in [1.165, 1.54) is 17.8 Å². The SMILES string of the molecule is C=CCOC(=O)C1=C(C)NC(SCC(=O)NCc2ccccc2)=C(C#N)[C@H]1c1ccccc1Cl. The third-order valence-corrected chi connectivity index (χ3v) is 6.46. The molecule has 0 aliphatic carbocycles. The summed E-state index contributed by atoms with van der Waals surface area (Å²) in [4.78, 5) is 25.4. The fourth-order valence-electron chi connectivity index (χ4n) is 3.51. The molecule has 1 aliphatic rings. The first-order valence-electron chi connectivity index (χ1n) is 10.5. The fraction of sp³-hybridized carbons (Fsp3) is 0.192. The number of carbonyl (C=O) groups is 2. The number of carbonyl (C=O) groups excluding carboxylic acids is 2. The Kier molecular flexibility index (Phi) is 8.97. The van der Waals surface area contributed by atoms with Crippen LogP contribution in [0.4, 0.5) is 0 Å². The van der Waals surface area contributed by atoms with Crippen LogP contribution in [0.1, 0.15) is 24.0 Å². The van der Waals surface area contributed by atoms with E-state index in [-0.39, 0.29) is 18.3 Å². The van der Waals surface area contributed by atoms with E-state index in [2.05, 4.69) is 23.3 Å². The smallest absolute Gasteiger partial charge is 0.337 e. The third-order valence-electron chi connectivity index (χ3n) is 5.10. The van der Waals surface area contributed by atoms with Crippen molar-refractivity contribution in [1.29, 1.82) is 5.26 Å². The van der Waals surface area contributed by atoms with Crippen LogP contribution in [0.2, 0.25) is 5.02 Å². The minimum absolute atomic E-state index is 0.0413. The zero-order valence-corrected chi connectivity index (χ0v) is 20.2. The van der Waals surface area contributed by atoms with Gasteiger partial charge in [0, 0.05) is 17.3 Å². The Morgan fingerprint density at radius 2 is 1.94 bits per heavy atom. The molecular formula is C26H24ClN3O3S. The molecule has 0 bridgehead atoms. The second-order valence-electron chi connectivity index (χ2n) is 7.41. The van der Waals surface area contributed by atoms with E-state index >= 15 is 0 Å². The normalized spacial score (nSPS) is 15.3. The molecule has 34 heavy (non-hydrogen) atoms. The molecule has 2 N–H and O–H groups in total. The minimum Gasteiger partial charge on any atom is -0.458 e. The van der Waals surface area contributed by atoms with Gasteiger partial charge in [-0.3, -0.25) is 4.79 Å². The zero-order valence-electron chi connectivity index (χ0n) is 18.6. The van der Waals surface area contributed by atoms with Crippen molar-refractivity contribution in [2.24, 2.45) is 0 Å². The molecule has 3 rings (SSSR count). The average Bonchev–Trinajstić information content (AvgIpc) is 2.85. The minimum atomic E-state index is -0.729. The lowest BCUT2D eigenvalue weighted by molar-refractivity contribution is -0.138. The standard InChI is InChI=1S/C26H24ClN3O3S/c1-3-13-33-26(32)23-17(2)30-25(20(14-28)24(23)19-11-7-8-12-21(19)27)34-16-22(31)29-15-18-9-5-4-6-10-18/h3-12,24,30H,1,13,15-16H2,2H3,(H,29,31)/t24-/m1/s1. The Balaban J connectivity index is 1.86. The summed E-state index contributed by atoms with van der Waals surface area (Å²) in [6.07, 6.45) is 1.48. The highest BCUT2D eigenvalue weighted by Gasteiger charge is 2.36. The first-order chi connectivity index (χ1) is 16.5. The first kappa shape index (κ1) is 25.2. The molecule has 0 radical (unpaired) electrons. The van der Waals surface area contributed by atoms with Gasteiger partial charge >= 0.3 is 5.97 Å². The third kappa shape index (κ3) is 6.10. The Hall–Kier alpha value is -3.47. The van der Waals surface area contributed by atoms with E-state index < -0.39 is 11.9 Å². The second-order valence-corrected chi connectivity index (χ2v) is 8.80. The molecule has 8 heteroatoms. The van der Waals surface area contributed by atoms with Gasteiger partial charge in [0.2, 0.25) is 5.91 Å². The lowest BCUT2D eigenvalue weighted by Gasteiger charge is -2.29. The monoisotopic (exact) mass is 493 g/mol. The second kappa shape index (κ2) is 12.1. The van der Waals surface area contributed by atoms with Crippen LogP contribution in [-0.2, 0) is 20.9 Å². The number of rotatable bonds is 9. The largest absolute Gasteiger partial charge is 0.458 e. The number of nitrogens with zero attached hydrogens (tertiary/aromatic N) is 1. The number of halogens is 1. The maximum Gasteiger partial charge on any atom is 0.337 e. The Bertz CT molecular complexity index is 1190. The van der Waals surface area contributed by atoms with Gasteiger partial charge < -0.3 is 15.4 Å². The summed E-state index contributed by atoms with van der Waals surface area (Å²) in [7, 11) is 0. The summed E-state index contributed by atoms with van der Waals surface area (Å²) in [6.45, 7) is 5.76. The summed E-state index contributed by atoms with van der Waals surface area (Å²) in [5.41, 5.74) is 2.73. The Morgan fingerprint density at radius 3 is 2.62 bits per heavy atom. The van der Waals surface area contributed by atoms with Gasteiger partial charge in [0.05, 0.1) is 33.9 Å².